The van der Waals surface area contributed by atoms with Gasteiger partial charge in [-0.1, -0.05) is 45.4 Å². The summed E-state index contributed by atoms with van der Waals surface area (Å²) in [6.45, 7) is 5.84. The van der Waals surface area contributed by atoms with Crippen LogP contribution in [0, 0.1) is 5.92 Å². The van der Waals surface area contributed by atoms with Crippen LogP contribution >= 0.6 is 0 Å². The third-order valence-electron chi connectivity index (χ3n) is 5.50. The smallest absolute Gasteiger partial charge is 0.0359 e. The van der Waals surface area contributed by atoms with Crippen LogP contribution in [-0.2, 0) is 0 Å². The number of nitrogens with zero attached hydrogens (tertiary/aromatic N) is 1. The fourth-order valence-corrected chi connectivity index (χ4v) is 4.39. The molecule has 2 atom stereocenters. The van der Waals surface area contributed by atoms with Crippen molar-refractivity contribution >= 4 is 0 Å². The van der Waals surface area contributed by atoms with Gasteiger partial charge in [-0.3, -0.25) is 4.90 Å². The first kappa shape index (κ1) is 14.3. The van der Waals surface area contributed by atoms with E-state index in [-0.39, 0.29) is 0 Å². The fraction of sp³-hybridized carbons (Fsp3) is 1.00. The van der Waals surface area contributed by atoms with Crippen molar-refractivity contribution in [2.45, 2.75) is 76.7 Å². The van der Waals surface area contributed by atoms with E-state index in [0.717, 1.165) is 12.5 Å². The summed E-state index contributed by atoms with van der Waals surface area (Å²) in [4.78, 5) is 2.81. The average Bonchev–Trinajstić information content (AvgIpc) is 2.38. The average molecular weight is 252 g/mol. The minimum absolute atomic E-state index is 0.352. The van der Waals surface area contributed by atoms with Crippen molar-refractivity contribution in [3.05, 3.63) is 0 Å². The SMILES string of the molecule is CCC1CCCCC1(CN)N1CCCCCCC1. The molecular formula is C16H32N2. The largest absolute Gasteiger partial charge is 0.329 e. The molecule has 0 radical (unpaired) electrons. The zero-order valence-corrected chi connectivity index (χ0v) is 12.3. The first-order chi connectivity index (χ1) is 8.83. The van der Waals surface area contributed by atoms with Gasteiger partial charge in [0.05, 0.1) is 0 Å². The van der Waals surface area contributed by atoms with Crippen molar-refractivity contribution in [2.24, 2.45) is 11.7 Å². The third-order valence-corrected chi connectivity index (χ3v) is 5.50. The quantitative estimate of drug-likeness (QED) is 0.832. The third kappa shape index (κ3) is 2.91. The molecule has 2 aliphatic rings. The summed E-state index contributed by atoms with van der Waals surface area (Å²) in [5, 5.41) is 0. The molecule has 1 saturated carbocycles. The second kappa shape index (κ2) is 6.91. The normalized spacial score (nSPS) is 36.0. The maximum absolute atomic E-state index is 6.28. The Balaban J connectivity index is 2.11. The van der Waals surface area contributed by atoms with Crippen LogP contribution in [0.5, 0.6) is 0 Å². The molecule has 0 aromatic heterocycles. The molecule has 1 heterocycles. The van der Waals surface area contributed by atoms with Gasteiger partial charge < -0.3 is 5.73 Å². The maximum atomic E-state index is 6.28. The van der Waals surface area contributed by atoms with Gasteiger partial charge >= 0.3 is 0 Å². The van der Waals surface area contributed by atoms with E-state index in [9.17, 15) is 0 Å². The molecule has 2 rings (SSSR count). The molecule has 0 aromatic carbocycles. The molecule has 0 spiro atoms. The monoisotopic (exact) mass is 252 g/mol. The van der Waals surface area contributed by atoms with Gasteiger partial charge in [0, 0.05) is 12.1 Å². The molecule has 0 amide bonds. The standard InChI is InChI=1S/C16H32N2/c1-2-15-10-6-7-11-16(15,14-17)18-12-8-4-3-5-9-13-18/h15H,2-14,17H2,1H3. The minimum Gasteiger partial charge on any atom is -0.329 e. The highest BCUT2D eigenvalue weighted by Gasteiger charge is 2.42. The summed E-state index contributed by atoms with van der Waals surface area (Å²) >= 11 is 0. The molecular weight excluding hydrogens is 220 g/mol. The van der Waals surface area contributed by atoms with Crippen LogP contribution in [-0.4, -0.2) is 30.1 Å². The lowest BCUT2D eigenvalue weighted by molar-refractivity contribution is -0.00103. The molecule has 2 fully saturated rings. The van der Waals surface area contributed by atoms with Crippen molar-refractivity contribution in [2.75, 3.05) is 19.6 Å². The molecule has 2 heteroatoms. The Labute approximate surface area is 113 Å². The molecule has 2 nitrogen and oxygen atoms in total. The van der Waals surface area contributed by atoms with E-state index < -0.39 is 0 Å². The summed E-state index contributed by atoms with van der Waals surface area (Å²) in [7, 11) is 0. The summed E-state index contributed by atoms with van der Waals surface area (Å²) in [6.07, 6.45) is 14.0. The van der Waals surface area contributed by atoms with E-state index in [0.29, 0.717) is 5.54 Å². The Morgan fingerprint density at radius 2 is 1.67 bits per heavy atom. The minimum atomic E-state index is 0.352. The van der Waals surface area contributed by atoms with E-state index in [1.54, 1.807) is 0 Å². The van der Waals surface area contributed by atoms with Crippen LogP contribution in [0.25, 0.3) is 0 Å². The highest BCUT2D eigenvalue weighted by atomic mass is 15.2. The van der Waals surface area contributed by atoms with Crippen molar-refractivity contribution in [1.82, 2.24) is 4.90 Å². The van der Waals surface area contributed by atoms with E-state index in [1.807, 2.05) is 0 Å². The fourth-order valence-electron chi connectivity index (χ4n) is 4.39. The lowest BCUT2D eigenvalue weighted by Crippen LogP contribution is -2.60. The van der Waals surface area contributed by atoms with Gasteiger partial charge in [-0.15, -0.1) is 0 Å². The zero-order chi connectivity index (χ0) is 12.8. The molecule has 2 unspecified atom stereocenters. The molecule has 106 valence electrons. The van der Waals surface area contributed by atoms with Crippen LogP contribution in [0.2, 0.25) is 0 Å². The van der Waals surface area contributed by atoms with Crippen LogP contribution < -0.4 is 5.73 Å². The van der Waals surface area contributed by atoms with Gasteiger partial charge in [-0.25, -0.2) is 0 Å². The summed E-state index contributed by atoms with van der Waals surface area (Å²) < 4.78 is 0. The zero-order valence-electron chi connectivity index (χ0n) is 12.3. The lowest BCUT2D eigenvalue weighted by Gasteiger charge is -2.51. The highest BCUT2D eigenvalue weighted by molar-refractivity contribution is 4.99. The Morgan fingerprint density at radius 3 is 2.28 bits per heavy atom. The van der Waals surface area contributed by atoms with E-state index in [4.69, 9.17) is 5.73 Å². The molecule has 18 heavy (non-hydrogen) atoms. The van der Waals surface area contributed by atoms with Crippen LogP contribution in [0.1, 0.15) is 71.1 Å². The Morgan fingerprint density at radius 1 is 1.00 bits per heavy atom. The topological polar surface area (TPSA) is 29.3 Å². The second-order valence-corrected chi connectivity index (χ2v) is 6.41. The van der Waals surface area contributed by atoms with Gasteiger partial charge in [0.15, 0.2) is 0 Å². The van der Waals surface area contributed by atoms with E-state index in [2.05, 4.69) is 11.8 Å². The summed E-state index contributed by atoms with van der Waals surface area (Å²) in [5.41, 5.74) is 6.63. The van der Waals surface area contributed by atoms with E-state index in [1.165, 1.54) is 77.3 Å². The number of hydrogen-bond donors (Lipinski definition) is 1. The van der Waals surface area contributed by atoms with Crippen molar-refractivity contribution in [3.63, 3.8) is 0 Å². The highest BCUT2D eigenvalue weighted by Crippen LogP contribution is 2.40. The molecule has 1 saturated heterocycles. The molecule has 0 aromatic rings. The molecule has 1 aliphatic carbocycles. The van der Waals surface area contributed by atoms with Crippen LogP contribution in [0.4, 0.5) is 0 Å². The van der Waals surface area contributed by atoms with Crippen molar-refractivity contribution in [3.8, 4) is 0 Å². The van der Waals surface area contributed by atoms with Crippen molar-refractivity contribution in [1.29, 1.82) is 0 Å². The Kier molecular flexibility index (Phi) is 5.50. The van der Waals surface area contributed by atoms with Crippen LogP contribution in [0.3, 0.4) is 0 Å². The second-order valence-electron chi connectivity index (χ2n) is 6.41. The first-order valence-corrected chi connectivity index (χ1v) is 8.28. The predicted molar refractivity (Wildman–Crippen MR) is 78.7 cm³/mol. The maximum Gasteiger partial charge on any atom is 0.0359 e. The van der Waals surface area contributed by atoms with Gasteiger partial charge in [-0.05, 0) is 44.7 Å². The lowest BCUT2D eigenvalue weighted by atomic mass is 9.70. The predicted octanol–water partition coefficient (Wildman–Crippen LogP) is 3.55. The Bertz CT molecular complexity index is 233. The first-order valence-electron chi connectivity index (χ1n) is 8.28. The van der Waals surface area contributed by atoms with Gasteiger partial charge in [0.1, 0.15) is 0 Å². The molecule has 1 aliphatic heterocycles. The summed E-state index contributed by atoms with van der Waals surface area (Å²) in [6, 6.07) is 0. The molecule has 2 N–H and O–H groups in total. The number of hydrogen-bond acceptors (Lipinski definition) is 2. The Hall–Kier alpha value is -0.0800. The van der Waals surface area contributed by atoms with Gasteiger partial charge in [-0.2, -0.15) is 0 Å². The number of nitrogens with two attached hydrogens (primary N) is 1. The van der Waals surface area contributed by atoms with E-state index >= 15 is 0 Å². The van der Waals surface area contributed by atoms with Gasteiger partial charge in [0.2, 0.25) is 0 Å². The molecule has 0 bridgehead atoms. The summed E-state index contributed by atoms with van der Waals surface area (Å²) in [5.74, 6) is 0.843. The van der Waals surface area contributed by atoms with Crippen molar-refractivity contribution < 1.29 is 0 Å². The number of rotatable bonds is 3. The van der Waals surface area contributed by atoms with Crippen LogP contribution in [0.15, 0.2) is 0 Å². The number of likely N-dealkylation sites (tertiary alicyclic amines) is 1. The van der Waals surface area contributed by atoms with Gasteiger partial charge in [0.25, 0.3) is 0 Å².